The predicted molar refractivity (Wildman–Crippen MR) is 69.0 cm³/mol. The molecule has 6 nitrogen and oxygen atoms in total. The summed E-state index contributed by atoms with van der Waals surface area (Å²) in [6.07, 6.45) is -1.04. The molecule has 0 bridgehead atoms. The van der Waals surface area contributed by atoms with Gasteiger partial charge in [-0.1, -0.05) is 0 Å². The lowest BCUT2D eigenvalue weighted by molar-refractivity contribution is -0.0996. The molecule has 0 aromatic rings. The number of hydrogen-bond donors (Lipinski definition) is 3. The average molecular weight is 278 g/mol. The van der Waals surface area contributed by atoms with E-state index in [2.05, 4.69) is 0 Å². The highest BCUT2D eigenvalue weighted by Gasteiger charge is 2.42. The first-order chi connectivity index (χ1) is 7.99. The molecule has 1 saturated heterocycles. The number of aliphatic hydroxyl groups is 1. The molecule has 0 aromatic carbocycles. The third-order valence-electron chi connectivity index (χ3n) is 2.47. The van der Waals surface area contributed by atoms with Crippen LogP contribution in [0, 0.1) is 0 Å². The fourth-order valence-electron chi connectivity index (χ4n) is 1.80. The summed E-state index contributed by atoms with van der Waals surface area (Å²) >= 11 is 0. The van der Waals surface area contributed by atoms with Crippen LogP contribution < -0.4 is 0 Å². The molecule has 0 saturated carbocycles. The fourth-order valence-corrected chi connectivity index (χ4v) is 2.19. The zero-order valence-electron chi connectivity index (χ0n) is 11.0. The van der Waals surface area contributed by atoms with Crippen LogP contribution in [0.4, 0.5) is 0 Å². The molecule has 18 heavy (non-hydrogen) atoms. The van der Waals surface area contributed by atoms with Crippen LogP contribution in [0.5, 0.6) is 0 Å². The van der Waals surface area contributed by atoms with Gasteiger partial charge in [0.15, 0.2) is 0 Å². The van der Waals surface area contributed by atoms with Gasteiger partial charge in [0.1, 0.15) is 26.2 Å². The second-order valence-electron chi connectivity index (χ2n) is 5.42. The number of rotatable bonds is 3. The van der Waals surface area contributed by atoms with Crippen LogP contribution in [0.25, 0.3) is 0 Å². The minimum atomic E-state index is -4.24. The van der Waals surface area contributed by atoms with Gasteiger partial charge in [-0.2, -0.15) is 0 Å². The molecule has 4 atom stereocenters. The number of ether oxygens (including phenoxy) is 2. The Morgan fingerprint density at radius 1 is 1.39 bits per heavy atom. The van der Waals surface area contributed by atoms with Crippen molar-refractivity contribution in [2.45, 2.75) is 50.7 Å². The molecule has 0 amide bonds. The minimum absolute atomic E-state index is 0.342. The van der Waals surface area contributed by atoms with E-state index in [4.69, 9.17) is 19.3 Å². The van der Waals surface area contributed by atoms with Gasteiger partial charge in [-0.25, -0.2) is 0 Å². The lowest BCUT2D eigenvalue weighted by Crippen LogP contribution is -2.40. The summed E-state index contributed by atoms with van der Waals surface area (Å²) in [5, 5.41) is 10.0. The predicted octanol–water partition coefficient (Wildman–Crippen LogP) is -0.420. The molecule has 1 heterocycles. The zero-order valence-corrected chi connectivity index (χ0v) is 11.9. The molecular formula is C10H20BO6P. The zero-order chi connectivity index (χ0) is 14.1. The third-order valence-corrected chi connectivity index (χ3v) is 3.03. The molecule has 1 aliphatic rings. The molecule has 1 aliphatic heterocycles. The molecule has 0 aromatic heterocycles. The van der Waals surface area contributed by atoms with Crippen molar-refractivity contribution in [3.63, 3.8) is 0 Å². The quantitative estimate of drug-likeness (QED) is 0.479. The van der Waals surface area contributed by atoms with E-state index < -0.39 is 31.5 Å². The van der Waals surface area contributed by atoms with Crippen molar-refractivity contribution in [1.82, 2.24) is 0 Å². The fraction of sp³-hybridized carbons (Fsp3) is 0.800. The van der Waals surface area contributed by atoms with E-state index in [0.29, 0.717) is 0 Å². The van der Waals surface area contributed by atoms with Gasteiger partial charge in [-0.15, -0.1) is 0 Å². The Kier molecular flexibility index (Phi) is 4.81. The topological polar surface area (TPSA) is 96.2 Å². The summed E-state index contributed by atoms with van der Waals surface area (Å²) in [7, 11) is -2.48. The van der Waals surface area contributed by atoms with Crippen LogP contribution in [0.2, 0.25) is 0 Å². The van der Waals surface area contributed by atoms with Crippen molar-refractivity contribution in [1.29, 1.82) is 0 Å². The maximum Gasteiger partial charge on any atom is 0.348 e. The second-order valence-corrected chi connectivity index (χ2v) is 6.90. The van der Waals surface area contributed by atoms with Crippen LogP contribution in [0.3, 0.4) is 0 Å². The summed E-state index contributed by atoms with van der Waals surface area (Å²) in [6, 6.07) is -0.342. The van der Waals surface area contributed by atoms with Crippen molar-refractivity contribution in [3.05, 3.63) is 11.9 Å². The van der Waals surface area contributed by atoms with Gasteiger partial charge < -0.3 is 24.4 Å². The maximum atomic E-state index is 10.7. The highest BCUT2D eigenvalue weighted by molar-refractivity contribution is 7.55. The SMILES string of the molecule is BC1OC(/C=C/P(=O)(O)O)C(O)C1OC(C)(C)C. The van der Waals surface area contributed by atoms with E-state index in [1.165, 1.54) is 6.08 Å². The van der Waals surface area contributed by atoms with Crippen molar-refractivity contribution in [2.75, 3.05) is 0 Å². The van der Waals surface area contributed by atoms with Gasteiger partial charge >= 0.3 is 7.60 Å². The standard InChI is InChI=1S/C10H20BO6P/c1-10(2,3)17-8-7(12)6(16-9(8)11)4-5-18(13,14)15/h4-9,12H,11H2,1-3H3,(H2,13,14,15)/b5-4+. The van der Waals surface area contributed by atoms with Crippen LogP contribution in [0.15, 0.2) is 11.9 Å². The Balaban J connectivity index is 2.72. The Morgan fingerprint density at radius 2 is 1.94 bits per heavy atom. The summed E-state index contributed by atoms with van der Waals surface area (Å²) in [4.78, 5) is 17.5. The van der Waals surface area contributed by atoms with Gasteiger partial charge in [0.2, 0.25) is 0 Å². The average Bonchev–Trinajstić information content (AvgIpc) is 2.39. The van der Waals surface area contributed by atoms with E-state index in [1.807, 2.05) is 20.8 Å². The lowest BCUT2D eigenvalue weighted by Gasteiger charge is -2.28. The van der Waals surface area contributed by atoms with Gasteiger partial charge in [0.25, 0.3) is 0 Å². The Hall–Kier alpha value is -0.165. The molecule has 1 rings (SSSR count). The Bertz CT molecular complexity index is 360. The minimum Gasteiger partial charge on any atom is -0.387 e. The third kappa shape index (κ3) is 4.84. The highest BCUT2D eigenvalue weighted by atomic mass is 31.2. The van der Waals surface area contributed by atoms with Crippen molar-refractivity contribution in [2.24, 2.45) is 0 Å². The van der Waals surface area contributed by atoms with Crippen molar-refractivity contribution < 1.29 is 28.9 Å². The normalized spacial score (nSPS) is 34.3. The first-order valence-electron chi connectivity index (χ1n) is 5.75. The monoisotopic (exact) mass is 278 g/mol. The summed E-state index contributed by atoms with van der Waals surface area (Å²) in [6.45, 7) is 5.60. The summed E-state index contributed by atoms with van der Waals surface area (Å²) in [5.74, 6) is 0.743. The van der Waals surface area contributed by atoms with E-state index >= 15 is 0 Å². The molecule has 3 N–H and O–H groups in total. The van der Waals surface area contributed by atoms with E-state index in [-0.39, 0.29) is 6.00 Å². The second kappa shape index (κ2) is 5.45. The van der Waals surface area contributed by atoms with Crippen LogP contribution in [-0.4, -0.2) is 52.7 Å². The van der Waals surface area contributed by atoms with Gasteiger partial charge in [-0.05, 0) is 26.8 Å². The largest absolute Gasteiger partial charge is 0.387 e. The molecule has 1 fully saturated rings. The van der Waals surface area contributed by atoms with Crippen molar-refractivity contribution in [3.8, 4) is 0 Å². The highest BCUT2D eigenvalue weighted by Crippen LogP contribution is 2.37. The first-order valence-corrected chi connectivity index (χ1v) is 7.44. The molecule has 8 heteroatoms. The van der Waals surface area contributed by atoms with Gasteiger partial charge in [0.05, 0.1) is 11.6 Å². The summed E-state index contributed by atoms with van der Waals surface area (Å²) in [5.41, 5.74) is -0.425. The van der Waals surface area contributed by atoms with Crippen LogP contribution in [0.1, 0.15) is 20.8 Å². The molecule has 104 valence electrons. The number of hydrogen-bond acceptors (Lipinski definition) is 4. The smallest absolute Gasteiger partial charge is 0.348 e. The Labute approximate surface area is 108 Å². The van der Waals surface area contributed by atoms with Crippen LogP contribution >= 0.6 is 7.60 Å². The van der Waals surface area contributed by atoms with Gasteiger partial charge in [0, 0.05) is 5.82 Å². The Morgan fingerprint density at radius 3 is 2.39 bits per heavy atom. The molecule has 4 unspecified atom stereocenters. The molecule has 0 spiro atoms. The lowest BCUT2D eigenvalue weighted by atomic mass is 9.92. The maximum absolute atomic E-state index is 10.7. The van der Waals surface area contributed by atoms with Crippen molar-refractivity contribution >= 4 is 15.4 Å². The molecule has 0 aliphatic carbocycles. The number of aliphatic hydroxyl groups excluding tert-OH is 1. The summed E-state index contributed by atoms with van der Waals surface area (Å²) < 4.78 is 21.8. The first kappa shape index (κ1) is 15.9. The van der Waals surface area contributed by atoms with E-state index in [0.717, 1.165) is 5.82 Å². The van der Waals surface area contributed by atoms with E-state index in [1.54, 1.807) is 7.85 Å². The molecular weight excluding hydrogens is 258 g/mol. The van der Waals surface area contributed by atoms with Gasteiger partial charge in [-0.3, -0.25) is 4.57 Å². The van der Waals surface area contributed by atoms with Crippen LogP contribution in [-0.2, 0) is 14.0 Å². The molecule has 0 radical (unpaired) electrons. The van der Waals surface area contributed by atoms with E-state index in [9.17, 15) is 9.67 Å².